The summed E-state index contributed by atoms with van der Waals surface area (Å²) in [7, 11) is 1.57. The maximum Gasteiger partial charge on any atom is 0.294 e. The van der Waals surface area contributed by atoms with Crippen LogP contribution in [0, 0.1) is 0 Å². The van der Waals surface area contributed by atoms with Crippen LogP contribution in [-0.2, 0) is 9.59 Å². The van der Waals surface area contributed by atoms with E-state index in [2.05, 4.69) is 10.6 Å². The van der Waals surface area contributed by atoms with Crippen molar-refractivity contribution in [2.75, 3.05) is 17.3 Å². The third kappa shape index (κ3) is 5.71. The van der Waals surface area contributed by atoms with Gasteiger partial charge in [-0.2, -0.15) is 0 Å². The lowest BCUT2D eigenvalue weighted by molar-refractivity contribution is -0.123. The van der Waals surface area contributed by atoms with Gasteiger partial charge in [-0.3, -0.25) is 19.3 Å². The van der Waals surface area contributed by atoms with Crippen molar-refractivity contribution in [2.45, 2.75) is 44.7 Å². The molecule has 1 fully saturated rings. The fraction of sp³-hybridized carbons (Fsp3) is 0.296. The highest BCUT2D eigenvalue weighted by atomic mass is 16.5. The number of methoxy groups -OCH3 is 1. The van der Waals surface area contributed by atoms with E-state index in [4.69, 9.17) is 9.15 Å². The van der Waals surface area contributed by atoms with Gasteiger partial charge in [-0.25, -0.2) is 0 Å². The minimum atomic E-state index is -0.953. The fourth-order valence-electron chi connectivity index (χ4n) is 4.37. The molecule has 1 saturated carbocycles. The summed E-state index contributed by atoms with van der Waals surface area (Å²) in [4.78, 5) is 40.3. The summed E-state index contributed by atoms with van der Waals surface area (Å²) >= 11 is 0. The lowest BCUT2D eigenvalue weighted by Gasteiger charge is -2.32. The Labute approximate surface area is 204 Å². The number of furan rings is 1. The zero-order chi connectivity index (χ0) is 24.8. The summed E-state index contributed by atoms with van der Waals surface area (Å²) in [6, 6.07) is 16.2. The van der Waals surface area contributed by atoms with Crippen LogP contribution in [0.4, 0.5) is 11.4 Å². The summed E-state index contributed by atoms with van der Waals surface area (Å²) in [5.41, 5.74) is 1.71. The standard InChI is InChI=1S/C27H29N3O5/c1-18(31)28-21-11-13-22(14-12-21)30(27(33)24-8-5-17-35-24)25(19-9-15-23(34-2)16-10-19)26(32)29-20-6-3-4-7-20/h5,8-17,20,25H,3-4,6-7H2,1-2H3,(H,28,31)(H,29,32)/t25-/m0/s1. The van der Waals surface area contributed by atoms with Crippen LogP contribution in [0.25, 0.3) is 0 Å². The molecule has 8 heteroatoms. The number of carbonyl (C=O) groups excluding carboxylic acids is 3. The van der Waals surface area contributed by atoms with Gasteiger partial charge >= 0.3 is 0 Å². The van der Waals surface area contributed by atoms with Crippen LogP contribution in [0.15, 0.2) is 71.3 Å². The second kappa shape index (κ2) is 10.9. The summed E-state index contributed by atoms with van der Waals surface area (Å²) in [5.74, 6) is -0.165. The first-order valence-electron chi connectivity index (χ1n) is 11.7. The van der Waals surface area contributed by atoms with Crippen LogP contribution in [0.1, 0.15) is 54.8 Å². The number of hydrogen-bond acceptors (Lipinski definition) is 5. The highest BCUT2D eigenvalue weighted by Crippen LogP contribution is 2.32. The number of amides is 3. The topological polar surface area (TPSA) is 101 Å². The van der Waals surface area contributed by atoms with Gasteiger partial charge in [-0.15, -0.1) is 0 Å². The average molecular weight is 476 g/mol. The van der Waals surface area contributed by atoms with Crippen LogP contribution in [-0.4, -0.2) is 30.9 Å². The molecular weight excluding hydrogens is 446 g/mol. The molecule has 1 aromatic heterocycles. The van der Waals surface area contributed by atoms with Crippen LogP contribution >= 0.6 is 0 Å². The second-order valence-corrected chi connectivity index (χ2v) is 8.55. The minimum Gasteiger partial charge on any atom is -0.497 e. The molecule has 0 aliphatic heterocycles. The van der Waals surface area contributed by atoms with E-state index in [0.29, 0.717) is 22.7 Å². The van der Waals surface area contributed by atoms with Crippen molar-refractivity contribution in [3.05, 3.63) is 78.3 Å². The maximum atomic E-state index is 13.7. The van der Waals surface area contributed by atoms with Crippen molar-refractivity contribution in [1.82, 2.24) is 5.32 Å². The van der Waals surface area contributed by atoms with Gasteiger partial charge in [0.05, 0.1) is 13.4 Å². The molecule has 1 atom stereocenters. The van der Waals surface area contributed by atoms with Gasteiger partial charge in [0.2, 0.25) is 11.8 Å². The summed E-state index contributed by atoms with van der Waals surface area (Å²) in [6.45, 7) is 1.42. The van der Waals surface area contributed by atoms with E-state index in [1.807, 2.05) is 0 Å². The Morgan fingerprint density at radius 1 is 1.00 bits per heavy atom. The number of anilines is 2. The maximum absolute atomic E-state index is 13.7. The summed E-state index contributed by atoms with van der Waals surface area (Å²) in [5, 5.41) is 5.86. The Bertz CT molecular complexity index is 1150. The van der Waals surface area contributed by atoms with Crippen molar-refractivity contribution < 1.29 is 23.5 Å². The third-order valence-corrected chi connectivity index (χ3v) is 6.06. The van der Waals surface area contributed by atoms with Crippen LogP contribution in [0.5, 0.6) is 5.75 Å². The van der Waals surface area contributed by atoms with Crippen LogP contribution < -0.4 is 20.3 Å². The molecule has 1 heterocycles. The molecule has 4 rings (SSSR count). The molecule has 182 valence electrons. The lowest BCUT2D eigenvalue weighted by Crippen LogP contribution is -2.46. The molecule has 3 amide bonds. The molecule has 35 heavy (non-hydrogen) atoms. The molecule has 2 aromatic carbocycles. The van der Waals surface area contributed by atoms with E-state index >= 15 is 0 Å². The molecule has 2 N–H and O–H groups in total. The molecule has 0 saturated heterocycles. The van der Waals surface area contributed by atoms with Gasteiger partial charge in [0, 0.05) is 24.3 Å². The van der Waals surface area contributed by atoms with E-state index < -0.39 is 11.9 Å². The highest BCUT2D eigenvalue weighted by Gasteiger charge is 2.35. The number of benzene rings is 2. The normalized spacial score (nSPS) is 14.2. The molecule has 0 radical (unpaired) electrons. The summed E-state index contributed by atoms with van der Waals surface area (Å²) < 4.78 is 10.7. The number of ether oxygens (including phenoxy) is 1. The first-order valence-corrected chi connectivity index (χ1v) is 11.7. The minimum absolute atomic E-state index is 0.0750. The Balaban J connectivity index is 1.78. The van der Waals surface area contributed by atoms with Crippen molar-refractivity contribution in [2.24, 2.45) is 0 Å². The number of carbonyl (C=O) groups is 3. The largest absolute Gasteiger partial charge is 0.497 e. The zero-order valence-corrected chi connectivity index (χ0v) is 19.8. The zero-order valence-electron chi connectivity index (χ0n) is 19.8. The molecule has 1 aliphatic rings. The molecular formula is C27H29N3O5. The molecule has 8 nitrogen and oxygen atoms in total. The SMILES string of the molecule is COc1ccc([C@@H](C(=O)NC2CCCC2)N(C(=O)c2ccco2)c2ccc(NC(C)=O)cc2)cc1. The van der Waals surface area contributed by atoms with E-state index in [1.165, 1.54) is 18.1 Å². The average Bonchev–Trinajstić information content (AvgIpc) is 3.57. The van der Waals surface area contributed by atoms with E-state index in [1.54, 1.807) is 67.8 Å². The van der Waals surface area contributed by atoms with Gasteiger partial charge in [-0.05, 0) is 66.9 Å². The lowest BCUT2D eigenvalue weighted by atomic mass is 10.0. The molecule has 0 unspecified atom stereocenters. The van der Waals surface area contributed by atoms with E-state index in [9.17, 15) is 14.4 Å². The Morgan fingerprint density at radius 2 is 1.69 bits per heavy atom. The number of hydrogen-bond donors (Lipinski definition) is 2. The molecule has 0 bridgehead atoms. The monoisotopic (exact) mass is 475 g/mol. The smallest absolute Gasteiger partial charge is 0.294 e. The Hall–Kier alpha value is -4.07. The van der Waals surface area contributed by atoms with Crippen molar-refractivity contribution in [1.29, 1.82) is 0 Å². The van der Waals surface area contributed by atoms with Crippen molar-refractivity contribution in [3.63, 3.8) is 0 Å². The molecule has 1 aliphatic carbocycles. The van der Waals surface area contributed by atoms with Gasteiger partial charge in [-0.1, -0.05) is 25.0 Å². The van der Waals surface area contributed by atoms with Crippen LogP contribution in [0.2, 0.25) is 0 Å². The number of nitrogens with one attached hydrogen (secondary N) is 2. The predicted octanol–water partition coefficient (Wildman–Crippen LogP) is 4.69. The fourth-order valence-corrected chi connectivity index (χ4v) is 4.37. The van der Waals surface area contributed by atoms with E-state index in [-0.39, 0.29) is 23.6 Å². The first kappa shape index (κ1) is 24.1. The number of rotatable bonds is 8. The quantitative estimate of drug-likeness (QED) is 0.492. The van der Waals surface area contributed by atoms with Gasteiger partial charge in [0.1, 0.15) is 11.8 Å². The summed E-state index contributed by atoms with van der Waals surface area (Å²) in [6.07, 6.45) is 5.39. The van der Waals surface area contributed by atoms with Crippen molar-refractivity contribution >= 4 is 29.1 Å². The predicted molar refractivity (Wildman–Crippen MR) is 132 cm³/mol. The molecule has 0 spiro atoms. The second-order valence-electron chi connectivity index (χ2n) is 8.55. The van der Waals surface area contributed by atoms with Crippen LogP contribution in [0.3, 0.4) is 0 Å². The highest BCUT2D eigenvalue weighted by molar-refractivity contribution is 6.08. The first-order chi connectivity index (χ1) is 17.0. The van der Waals surface area contributed by atoms with Gasteiger partial charge in [0.25, 0.3) is 5.91 Å². The van der Waals surface area contributed by atoms with Gasteiger partial charge < -0.3 is 19.8 Å². The van der Waals surface area contributed by atoms with E-state index in [0.717, 1.165) is 25.7 Å². The number of nitrogens with zero attached hydrogens (tertiary/aromatic N) is 1. The molecule has 3 aromatic rings. The Kier molecular flexibility index (Phi) is 7.50. The third-order valence-electron chi connectivity index (χ3n) is 6.06. The Morgan fingerprint density at radius 3 is 2.26 bits per heavy atom. The van der Waals surface area contributed by atoms with Crippen molar-refractivity contribution in [3.8, 4) is 5.75 Å². The van der Waals surface area contributed by atoms with Gasteiger partial charge in [0.15, 0.2) is 5.76 Å².